The largest absolute Gasteiger partial charge is 0.383 e. The van der Waals surface area contributed by atoms with Crippen molar-refractivity contribution in [1.82, 2.24) is 19.6 Å². The van der Waals surface area contributed by atoms with Gasteiger partial charge in [0.05, 0.1) is 16.9 Å². The van der Waals surface area contributed by atoms with Gasteiger partial charge in [-0.15, -0.1) is 23.5 Å². The van der Waals surface area contributed by atoms with Crippen LogP contribution in [0, 0.1) is 11.3 Å². The van der Waals surface area contributed by atoms with Gasteiger partial charge < -0.3 is 5.73 Å². The van der Waals surface area contributed by atoms with E-state index in [-0.39, 0.29) is 0 Å². The molecule has 4 rings (SSSR count). The van der Waals surface area contributed by atoms with Crippen LogP contribution in [0.5, 0.6) is 0 Å². The zero-order valence-corrected chi connectivity index (χ0v) is 18.6. The van der Waals surface area contributed by atoms with Crippen molar-refractivity contribution >= 4 is 41.4 Å². The Kier molecular flexibility index (Phi) is 6.11. The Morgan fingerprint density at radius 2 is 1.45 bits per heavy atom. The van der Waals surface area contributed by atoms with Crippen LogP contribution in [0.15, 0.2) is 75.7 Å². The minimum Gasteiger partial charge on any atom is -0.383 e. The second-order valence-corrected chi connectivity index (χ2v) is 7.97. The van der Waals surface area contributed by atoms with Crippen molar-refractivity contribution in [2.24, 2.45) is 4.99 Å². The number of hydrogen-bond acceptors (Lipinski definition) is 7. The summed E-state index contributed by atoms with van der Waals surface area (Å²) in [5, 5.41) is 20.3. The number of aliphatic imine (C=N–C) groups is 1. The van der Waals surface area contributed by atoms with Gasteiger partial charge in [-0.2, -0.15) is 15.5 Å². The molecule has 0 amide bonds. The van der Waals surface area contributed by atoms with Crippen LogP contribution in [0.1, 0.15) is 11.1 Å². The fourth-order valence-electron chi connectivity index (χ4n) is 3.08. The van der Waals surface area contributed by atoms with Gasteiger partial charge in [-0.05, 0) is 36.8 Å². The van der Waals surface area contributed by atoms with Crippen LogP contribution in [0.3, 0.4) is 0 Å². The van der Waals surface area contributed by atoms with Gasteiger partial charge in [0.2, 0.25) is 0 Å². The second kappa shape index (κ2) is 9.12. The molecule has 7 nitrogen and oxygen atoms in total. The predicted molar refractivity (Wildman–Crippen MR) is 127 cm³/mol. The van der Waals surface area contributed by atoms with E-state index in [0.29, 0.717) is 27.8 Å². The molecule has 0 fully saturated rings. The lowest BCUT2D eigenvalue weighted by Gasteiger charge is -2.04. The van der Waals surface area contributed by atoms with E-state index in [1.165, 1.54) is 23.5 Å². The molecule has 2 N–H and O–H groups in total. The minimum atomic E-state index is 0.423. The highest BCUT2D eigenvalue weighted by Crippen LogP contribution is 2.32. The Morgan fingerprint density at radius 3 is 2.00 bits per heavy atom. The van der Waals surface area contributed by atoms with Gasteiger partial charge in [-0.1, -0.05) is 36.4 Å². The SMILES string of the molecule is CSc1nn(-c2ccccc2)c(/N=C/c2c(SC)nn(-c3ccccc3)c2N)c1C#N. The van der Waals surface area contributed by atoms with Gasteiger partial charge in [0.15, 0.2) is 5.82 Å². The molecule has 2 aromatic carbocycles. The number of thioether (sulfide) groups is 2. The Hall–Kier alpha value is -3.48. The van der Waals surface area contributed by atoms with E-state index in [1.54, 1.807) is 15.6 Å². The van der Waals surface area contributed by atoms with Crippen molar-refractivity contribution in [3.63, 3.8) is 0 Å². The molecule has 0 aliphatic rings. The van der Waals surface area contributed by atoms with Crippen molar-refractivity contribution in [1.29, 1.82) is 5.26 Å². The van der Waals surface area contributed by atoms with Gasteiger partial charge in [-0.3, -0.25) is 0 Å². The molecule has 0 saturated heterocycles. The zero-order valence-electron chi connectivity index (χ0n) is 16.9. The standard InChI is InChI=1S/C22H19N7S2/c1-30-21-17(13-23)20(29(27-21)16-11-7-4-8-12-16)25-14-18-19(24)28(26-22(18)31-2)15-9-5-3-6-10-15/h3-12,14H,24H2,1-2H3/b25-14+. The summed E-state index contributed by atoms with van der Waals surface area (Å²) in [6, 6.07) is 21.6. The quantitative estimate of drug-likeness (QED) is 0.341. The van der Waals surface area contributed by atoms with Gasteiger partial charge in [-0.25, -0.2) is 14.4 Å². The van der Waals surface area contributed by atoms with Crippen LogP contribution in [0.25, 0.3) is 11.4 Å². The third-order valence-corrected chi connectivity index (χ3v) is 5.93. The highest BCUT2D eigenvalue weighted by molar-refractivity contribution is 7.98. The molecule has 0 saturated carbocycles. The molecule has 31 heavy (non-hydrogen) atoms. The molecule has 154 valence electrons. The molecule has 0 spiro atoms. The summed E-state index contributed by atoms with van der Waals surface area (Å²) in [6.45, 7) is 0. The Morgan fingerprint density at radius 1 is 0.903 bits per heavy atom. The number of nitrogens with zero attached hydrogens (tertiary/aromatic N) is 6. The molecule has 2 heterocycles. The number of anilines is 1. The van der Waals surface area contributed by atoms with E-state index in [2.05, 4.69) is 21.3 Å². The monoisotopic (exact) mass is 445 g/mol. The van der Waals surface area contributed by atoms with Crippen LogP contribution in [0.2, 0.25) is 0 Å². The van der Waals surface area contributed by atoms with E-state index in [4.69, 9.17) is 5.73 Å². The molecular weight excluding hydrogens is 426 g/mol. The Balaban J connectivity index is 1.84. The first-order valence-corrected chi connectivity index (χ1v) is 11.8. The minimum absolute atomic E-state index is 0.423. The summed E-state index contributed by atoms with van der Waals surface area (Å²) < 4.78 is 3.37. The third-order valence-electron chi connectivity index (χ3n) is 4.57. The summed E-state index contributed by atoms with van der Waals surface area (Å²) in [4.78, 5) is 4.66. The molecule has 0 aliphatic heterocycles. The first kappa shape index (κ1) is 20.8. The maximum absolute atomic E-state index is 9.76. The summed E-state index contributed by atoms with van der Waals surface area (Å²) in [5.74, 6) is 0.936. The van der Waals surface area contributed by atoms with Crippen LogP contribution in [-0.4, -0.2) is 38.3 Å². The number of nitrogen functional groups attached to an aromatic ring is 1. The molecular formula is C22H19N7S2. The Bertz CT molecular complexity index is 1270. The number of rotatable bonds is 6. The number of para-hydroxylation sites is 2. The molecule has 0 bridgehead atoms. The second-order valence-electron chi connectivity index (χ2n) is 6.38. The predicted octanol–water partition coefficient (Wildman–Crippen LogP) is 4.71. The molecule has 0 aliphatic carbocycles. The number of benzene rings is 2. The molecule has 0 unspecified atom stereocenters. The lowest BCUT2D eigenvalue weighted by molar-refractivity contribution is 0.839. The fraction of sp³-hybridized carbons (Fsp3) is 0.0909. The zero-order chi connectivity index (χ0) is 21.8. The number of aromatic nitrogens is 4. The van der Waals surface area contributed by atoms with Crippen molar-refractivity contribution in [3.05, 3.63) is 71.8 Å². The van der Waals surface area contributed by atoms with Crippen LogP contribution in [0.4, 0.5) is 11.6 Å². The molecule has 2 aromatic heterocycles. The molecule has 9 heteroatoms. The molecule has 4 aromatic rings. The highest BCUT2D eigenvalue weighted by Gasteiger charge is 2.19. The van der Waals surface area contributed by atoms with E-state index in [0.717, 1.165) is 16.4 Å². The number of nitriles is 1. The first-order chi connectivity index (χ1) is 15.2. The van der Waals surface area contributed by atoms with Crippen LogP contribution >= 0.6 is 23.5 Å². The van der Waals surface area contributed by atoms with Crippen LogP contribution in [-0.2, 0) is 0 Å². The molecule has 0 atom stereocenters. The topological polar surface area (TPSA) is 97.8 Å². The van der Waals surface area contributed by atoms with E-state index < -0.39 is 0 Å². The highest BCUT2D eigenvalue weighted by atomic mass is 32.2. The summed E-state index contributed by atoms with van der Waals surface area (Å²) in [5.41, 5.74) is 9.25. The van der Waals surface area contributed by atoms with Gasteiger partial charge >= 0.3 is 0 Å². The van der Waals surface area contributed by atoms with Crippen molar-refractivity contribution in [3.8, 4) is 17.4 Å². The summed E-state index contributed by atoms with van der Waals surface area (Å²) in [6.07, 6.45) is 5.49. The fourth-order valence-corrected chi connectivity index (χ4v) is 4.13. The van der Waals surface area contributed by atoms with Gasteiger partial charge in [0, 0.05) is 6.21 Å². The average molecular weight is 446 g/mol. The van der Waals surface area contributed by atoms with Crippen LogP contribution < -0.4 is 5.73 Å². The van der Waals surface area contributed by atoms with Gasteiger partial charge in [0.1, 0.15) is 27.5 Å². The average Bonchev–Trinajstić information content (AvgIpc) is 3.35. The number of nitrogens with two attached hydrogens (primary N) is 1. The van der Waals surface area contributed by atoms with E-state index in [1.807, 2.05) is 73.2 Å². The summed E-state index contributed by atoms with van der Waals surface area (Å²) >= 11 is 2.90. The maximum atomic E-state index is 9.76. The van der Waals surface area contributed by atoms with Gasteiger partial charge in [0.25, 0.3) is 0 Å². The Labute approximate surface area is 188 Å². The van der Waals surface area contributed by atoms with Crippen molar-refractivity contribution < 1.29 is 0 Å². The first-order valence-electron chi connectivity index (χ1n) is 9.32. The van der Waals surface area contributed by atoms with Crippen molar-refractivity contribution in [2.75, 3.05) is 18.2 Å². The smallest absolute Gasteiger partial charge is 0.174 e. The maximum Gasteiger partial charge on any atom is 0.174 e. The van der Waals surface area contributed by atoms with E-state index >= 15 is 0 Å². The lowest BCUT2D eigenvalue weighted by atomic mass is 10.3. The third kappa shape index (κ3) is 3.95. The normalized spacial score (nSPS) is 11.1. The lowest BCUT2D eigenvalue weighted by Crippen LogP contribution is -2.02. The molecule has 0 radical (unpaired) electrons. The summed E-state index contributed by atoms with van der Waals surface area (Å²) in [7, 11) is 0. The number of hydrogen-bond donors (Lipinski definition) is 1. The van der Waals surface area contributed by atoms with Crippen molar-refractivity contribution in [2.45, 2.75) is 10.1 Å². The van der Waals surface area contributed by atoms with E-state index in [9.17, 15) is 5.26 Å².